The van der Waals surface area contributed by atoms with E-state index in [0.29, 0.717) is 6.10 Å². The van der Waals surface area contributed by atoms with Gasteiger partial charge < -0.3 is 9.47 Å². The second-order valence-corrected chi connectivity index (χ2v) is 4.29. The van der Waals surface area contributed by atoms with Crippen molar-refractivity contribution in [1.82, 2.24) is 0 Å². The van der Waals surface area contributed by atoms with E-state index < -0.39 is 0 Å². The molecule has 0 atom stereocenters. The Labute approximate surface area is 88.0 Å². The van der Waals surface area contributed by atoms with Gasteiger partial charge in [-0.25, -0.2) is 0 Å². The summed E-state index contributed by atoms with van der Waals surface area (Å²) in [6.45, 7) is 3.77. The van der Waals surface area contributed by atoms with Crippen molar-refractivity contribution in [3.05, 3.63) is 0 Å². The molecule has 1 aliphatic rings. The molecule has 0 spiro atoms. The molecule has 14 heavy (non-hydrogen) atoms. The summed E-state index contributed by atoms with van der Waals surface area (Å²) in [7, 11) is 1.72. The third-order valence-corrected chi connectivity index (χ3v) is 3.13. The Kier molecular flexibility index (Phi) is 6.20. The van der Waals surface area contributed by atoms with E-state index in [4.69, 9.17) is 9.47 Å². The van der Waals surface area contributed by atoms with Crippen LogP contribution in [0.2, 0.25) is 0 Å². The lowest BCUT2D eigenvalue weighted by molar-refractivity contribution is -0.00807. The summed E-state index contributed by atoms with van der Waals surface area (Å²) in [6, 6.07) is 0. The van der Waals surface area contributed by atoms with Crippen LogP contribution in [0.5, 0.6) is 0 Å². The van der Waals surface area contributed by atoms with Crippen LogP contribution < -0.4 is 0 Å². The molecule has 0 aromatic heterocycles. The Morgan fingerprint density at radius 2 is 1.79 bits per heavy atom. The number of rotatable bonds is 6. The summed E-state index contributed by atoms with van der Waals surface area (Å²) in [5.74, 6) is 0.974. The molecule has 0 radical (unpaired) electrons. The fourth-order valence-corrected chi connectivity index (χ4v) is 2.29. The van der Waals surface area contributed by atoms with E-state index in [1.165, 1.54) is 38.5 Å². The Hall–Kier alpha value is -0.0800. The van der Waals surface area contributed by atoms with Gasteiger partial charge in [0.05, 0.1) is 19.3 Å². The molecule has 0 N–H and O–H groups in total. The lowest BCUT2D eigenvalue weighted by atomic mass is 9.85. The lowest BCUT2D eigenvalue weighted by Crippen LogP contribution is -2.23. The van der Waals surface area contributed by atoms with Crippen molar-refractivity contribution >= 4 is 0 Å². The second kappa shape index (κ2) is 7.24. The van der Waals surface area contributed by atoms with Crippen LogP contribution in [0.3, 0.4) is 0 Å². The first-order valence-corrected chi connectivity index (χ1v) is 5.97. The highest BCUT2D eigenvalue weighted by Gasteiger charge is 2.20. The summed E-state index contributed by atoms with van der Waals surface area (Å²) >= 11 is 0. The molecular weight excluding hydrogens is 176 g/mol. The number of ether oxygens (including phenoxy) is 2. The standard InChI is InChI=1S/C12H24O2/c1-3-4-11-5-7-12(8-6-11)14-10-9-13-2/h11-12H,3-10H2,1-2H3. The zero-order chi connectivity index (χ0) is 10.2. The van der Waals surface area contributed by atoms with Crippen molar-refractivity contribution in [3.8, 4) is 0 Å². The molecule has 2 nitrogen and oxygen atoms in total. The smallest absolute Gasteiger partial charge is 0.0704 e. The minimum absolute atomic E-state index is 0.512. The zero-order valence-electron chi connectivity index (χ0n) is 9.63. The maximum atomic E-state index is 5.72. The van der Waals surface area contributed by atoms with E-state index in [1.807, 2.05) is 0 Å². The molecule has 0 saturated heterocycles. The average molecular weight is 200 g/mol. The molecule has 1 rings (SSSR count). The van der Waals surface area contributed by atoms with Crippen molar-refractivity contribution in [1.29, 1.82) is 0 Å². The molecule has 0 bridgehead atoms. The SMILES string of the molecule is CCCC1CCC(OCCOC)CC1. The fourth-order valence-electron chi connectivity index (χ4n) is 2.29. The van der Waals surface area contributed by atoms with E-state index in [2.05, 4.69) is 6.92 Å². The quantitative estimate of drug-likeness (QED) is 0.614. The van der Waals surface area contributed by atoms with E-state index >= 15 is 0 Å². The molecule has 0 aromatic rings. The first kappa shape index (κ1) is 12.0. The van der Waals surface area contributed by atoms with Gasteiger partial charge in [-0.2, -0.15) is 0 Å². The van der Waals surface area contributed by atoms with E-state index in [0.717, 1.165) is 19.1 Å². The van der Waals surface area contributed by atoms with Gasteiger partial charge in [-0.1, -0.05) is 19.8 Å². The van der Waals surface area contributed by atoms with Crippen LogP contribution in [0.25, 0.3) is 0 Å². The van der Waals surface area contributed by atoms with Gasteiger partial charge >= 0.3 is 0 Å². The van der Waals surface area contributed by atoms with Crippen molar-refractivity contribution < 1.29 is 9.47 Å². The molecule has 1 aliphatic carbocycles. The van der Waals surface area contributed by atoms with Gasteiger partial charge in [-0.15, -0.1) is 0 Å². The Bertz CT molecular complexity index is 128. The number of hydrogen-bond donors (Lipinski definition) is 0. The average Bonchev–Trinajstić information content (AvgIpc) is 2.21. The zero-order valence-corrected chi connectivity index (χ0v) is 9.63. The van der Waals surface area contributed by atoms with Crippen LogP contribution >= 0.6 is 0 Å². The monoisotopic (exact) mass is 200 g/mol. The van der Waals surface area contributed by atoms with Crippen molar-refractivity contribution in [2.24, 2.45) is 5.92 Å². The van der Waals surface area contributed by atoms with Gasteiger partial charge in [-0.3, -0.25) is 0 Å². The molecule has 0 amide bonds. The Morgan fingerprint density at radius 1 is 1.07 bits per heavy atom. The molecule has 0 unspecified atom stereocenters. The van der Waals surface area contributed by atoms with E-state index in [-0.39, 0.29) is 0 Å². The maximum Gasteiger partial charge on any atom is 0.0704 e. The number of methoxy groups -OCH3 is 1. The Morgan fingerprint density at radius 3 is 2.36 bits per heavy atom. The minimum Gasteiger partial charge on any atom is -0.382 e. The summed E-state index contributed by atoms with van der Waals surface area (Å²) in [6.07, 6.45) is 8.50. The van der Waals surface area contributed by atoms with Gasteiger partial charge in [-0.05, 0) is 31.6 Å². The van der Waals surface area contributed by atoms with Crippen LogP contribution in [-0.2, 0) is 9.47 Å². The van der Waals surface area contributed by atoms with E-state index in [9.17, 15) is 0 Å². The van der Waals surface area contributed by atoms with Crippen LogP contribution in [0.1, 0.15) is 45.4 Å². The Balaban J connectivity index is 2.03. The lowest BCUT2D eigenvalue weighted by Gasteiger charge is -2.28. The van der Waals surface area contributed by atoms with Crippen molar-refractivity contribution in [2.75, 3.05) is 20.3 Å². The van der Waals surface area contributed by atoms with Gasteiger partial charge in [0.1, 0.15) is 0 Å². The van der Waals surface area contributed by atoms with Crippen molar-refractivity contribution in [3.63, 3.8) is 0 Å². The molecule has 1 fully saturated rings. The fraction of sp³-hybridized carbons (Fsp3) is 1.00. The summed E-state index contributed by atoms with van der Waals surface area (Å²) in [5.41, 5.74) is 0. The highest BCUT2D eigenvalue weighted by Crippen LogP contribution is 2.29. The van der Waals surface area contributed by atoms with Gasteiger partial charge in [0.25, 0.3) is 0 Å². The van der Waals surface area contributed by atoms with Crippen LogP contribution in [-0.4, -0.2) is 26.4 Å². The summed E-state index contributed by atoms with van der Waals surface area (Å²) in [4.78, 5) is 0. The second-order valence-electron chi connectivity index (χ2n) is 4.29. The first-order valence-electron chi connectivity index (χ1n) is 5.97. The highest BCUT2D eigenvalue weighted by atomic mass is 16.5. The maximum absolute atomic E-state index is 5.72. The first-order chi connectivity index (χ1) is 6.86. The van der Waals surface area contributed by atoms with Crippen LogP contribution in [0.4, 0.5) is 0 Å². The predicted molar refractivity (Wildman–Crippen MR) is 58.5 cm³/mol. The minimum atomic E-state index is 0.512. The highest BCUT2D eigenvalue weighted by molar-refractivity contribution is 4.72. The van der Waals surface area contributed by atoms with Crippen LogP contribution in [0, 0.1) is 5.92 Å². The summed E-state index contributed by atoms with van der Waals surface area (Å²) in [5, 5.41) is 0. The topological polar surface area (TPSA) is 18.5 Å². The molecule has 0 heterocycles. The van der Waals surface area contributed by atoms with Gasteiger partial charge in [0.15, 0.2) is 0 Å². The van der Waals surface area contributed by atoms with Crippen LogP contribution in [0.15, 0.2) is 0 Å². The van der Waals surface area contributed by atoms with E-state index in [1.54, 1.807) is 7.11 Å². The third kappa shape index (κ3) is 4.43. The van der Waals surface area contributed by atoms with Crippen molar-refractivity contribution in [2.45, 2.75) is 51.6 Å². The molecule has 84 valence electrons. The normalized spacial score (nSPS) is 27.9. The molecule has 0 aliphatic heterocycles. The predicted octanol–water partition coefficient (Wildman–Crippen LogP) is 3.01. The molecule has 1 saturated carbocycles. The van der Waals surface area contributed by atoms with Gasteiger partial charge in [0, 0.05) is 7.11 Å². The van der Waals surface area contributed by atoms with Gasteiger partial charge in [0.2, 0.25) is 0 Å². The third-order valence-electron chi connectivity index (χ3n) is 3.13. The molecular formula is C12H24O2. The molecule has 2 heteroatoms. The molecule has 0 aromatic carbocycles. The number of hydrogen-bond acceptors (Lipinski definition) is 2. The largest absolute Gasteiger partial charge is 0.382 e. The summed E-state index contributed by atoms with van der Waals surface area (Å²) < 4.78 is 10.7.